The monoisotopic (exact) mass is 479 g/mol. The molecule has 1 aliphatic heterocycles. The average molecular weight is 479 g/mol. The Labute approximate surface area is 197 Å². The van der Waals surface area contributed by atoms with Gasteiger partial charge < -0.3 is 16.2 Å². The van der Waals surface area contributed by atoms with Crippen molar-refractivity contribution in [3.05, 3.63) is 89.1 Å². The topological polar surface area (TPSA) is 117 Å². The summed E-state index contributed by atoms with van der Waals surface area (Å²) in [5, 5.41) is 5.12. The Kier molecular flexibility index (Phi) is 5.48. The van der Waals surface area contributed by atoms with Gasteiger partial charge in [0.1, 0.15) is 22.9 Å². The Morgan fingerprint density at radius 1 is 1.09 bits per heavy atom. The molecule has 5 rings (SSSR count). The number of hydrogen-bond donors (Lipinski definition) is 2. The molecular weight excluding hydrogens is 459 g/mol. The third-order valence-corrected chi connectivity index (χ3v) is 5.93. The molecule has 0 aliphatic carbocycles. The van der Waals surface area contributed by atoms with Crippen molar-refractivity contribution in [1.29, 1.82) is 0 Å². The molecule has 4 N–H and O–H groups in total. The Morgan fingerprint density at radius 3 is 2.63 bits per heavy atom. The molecule has 3 heterocycles. The van der Waals surface area contributed by atoms with E-state index in [-0.39, 0.29) is 12.3 Å². The number of amidine groups is 1. The van der Waals surface area contributed by atoms with Crippen molar-refractivity contribution in [3.8, 4) is 5.75 Å². The summed E-state index contributed by atoms with van der Waals surface area (Å²) >= 11 is 0. The van der Waals surface area contributed by atoms with Crippen LogP contribution in [0.1, 0.15) is 23.1 Å². The van der Waals surface area contributed by atoms with Gasteiger partial charge in [0.15, 0.2) is 11.6 Å². The molecule has 0 saturated carbocycles. The number of para-hydroxylation sites is 1. The first kappa shape index (κ1) is 22.5. The molecule has 0 bridgehead atoms. The zero-order valence-corrected chi connectivity index (χ0v) is 18.5. The summed E-state index contributed by atoms with van der Waals surface area (Å²) in [6.07, 6.45) is 3.34. The third kappa shape index (κ3) is 3.69. The first-order valence-electron chi connectivity index (χ1n) is 10.6. The van der Waals surface area contributed by atoms with E-state index in [1.165, 1.54) is 24.2 Å². The third-order valence-electron chi connectivity index (χ3n) is 5.93. The van der Waals surface area contributed by atoms with Crippen molar-refractivity contribution in [2.24, 2.45) is 21.5 Å². The molecule has 4 aromatic rings. The van der Waals surface area contributed by atoms with Gasteiger partial charge in [-0.3, -0.25) is 4.98 Å². The zero-order valence-electron chi connectivity index (χ0n) is 18.5. The number of benzene rings is 2. The van der Waals surface area contributed by atoms with Crippen LogP contribution in [-0.2, 0) is 12.0 Å². The number of aliphatic imine (C=N–C) groups is 2. The van der Waals surface area contributed by atoms with Crippen molar-refractivity contribution >= 4 is 23.0 Å². The van der Waals surface area contributed by atoms with Crippen molar-refractivity contribution in [1.82, 2.24) is 14.8 Å². The summed E-state index contributed by atoms with van der Waals surface area (Å²) in [5.41, 5.74) is 12.5. The van der Waals surface area contributed by atoms with Crippen LogP contribution in [0.5, 0.6) is 5.75 Å². The van der Waals surface area contributed by atoms with Gasteiger partial charge in [-0.1, -0.05) is 18.2 Å². The Balaban J connectivity index is 1.56. The number of hydrogen-bond acceptors (Lipinski definition) is 7. The van der Waals surface area contributed by atoms with Crippen LogP contribution in [0.3, 0.4) is 0 Å². The second-order valence-corrected chi connectivity index (χ2v) is 7.99. The van der Waals surface area contributed by atoms with Crippen LogP contribution < -0.4 is 16.2 Å². The fourth-order valence-electron chi connectivity index (χ4n) is 4.07. The van der Waals surface area contributed by atoms with Gasteiger partial charge in [0.05, 0.1) is 18.3 Å². The fraction of sp³-hybridized carbons (Fsp3) is 0.167. The van der Waals surface area contributed by atoms with Gasteiger partial charge in [-0.2, -0.15) is 5.10 Å². The van der Waals surface area contributed by atoms with Gasteiger partial charge in [0.25, 0.3) is 0 Å². The summed E-state index contributed by atoms with van der Waals surface area (Å²) < 4.78 is 49.2. The molecule has 0 saturated heterocycles. The van der Waals surface area contributed by atoms with Crippen molar-refractivity contribution in [2.75, 3.05) is 7.11 Å². The van der Waals surface area contributed by atoms with Crippen molar-refractivity contribution in [2.45, 2.75) is 18.2 Å². The van der Waals surface area contributed by atoms with E-state index in [1.54, 1.807) is 36.5 Å². The molecule has 0 radical (unpaired) electrons. The summed E-state index contributed by atoms with van der Waals surface area (Å²) in [5.74, 6) is -2.73. The number of aromatic nitrogens is 3. The lowest BCUT2D eigenvalue weighted by Gasteiger charge is -2.30. The normalized spacial score (nSPS) is 19.7. The molecule has 2 unspecified atom stereocenters. The average Bonchev–Trinajstić information content (AvgIpc) is 3.24. The maximum Gasteiger partial charge on any atom is 0.237 e. The molecule has 1 aliphatic rings. The fourth-order valence-corrected chi connectivity index (χ4v) is 4.07. The lowest BCUT2D eigenvalue weighted by atomic mass is 9.91. The number of nitrogens with zero attached hydrogens (tertiary/aromatic N) is 5. The number of rotatable bonds is 5. The molecular formula is C24H20F3N7O. The van der Waals surface area contributed by atoms with Gasteiger partial charge in [-0.25, -0.2) is 27.8 Å². The standard InChI is InChI=1S/C24H20F3N7O/c1-35-20-8-9-30-11-15(20)24(29)12-31-23(32-22(24)28)34-19-5-3-2-4-13(19)18(33-34)10-14-16(25)6-7-17(26)21(14)27/h2-9,11-12,23H,10,29H2,1H3,(H2,28,32). The van der Waals surface area contributed by atoms with Crippen LogP contribution in [0.4, 0.5) is 13.2 Å². The maximum atomic E-state index is 14.3. The van der Waals surface area contributed by atoms with E-state index in [4.69, 9.17) is 16.2 Å². The lowest BCUT2D eigenvalue weighted by Crippen LogP contribution is -2.52. The Morgan fingerprint density at radius 2 is 1.86 bits per heavy atom. The minimum absolute atomic E-state index is 0.0483. The predicted molar refractivity (Wildman–Crippen MR) is 125 cm³/mol. The highest BCUT2D eigenvalue weighted by Crippen LogP contribution is 2.32. The highest BCUT2D eigenvalue weighted by atomic mass is 19.2. The van der Waals surface area contributed by atoms with Gasteiger partial charge >= 0.3 is 0 Å². The van der Waals surface area contributed by atoms with Crippen LogP contribution in [0, 0.1) is 17.5 Å². The summed E-state index contributed by atoms with van der Waals surface area (Å²) in [7, 11) is 1.50. The molecule has 2 atom stereocenters. The van der Waals surface area contributed by atoms with E-state index in [2.05, 4.69) is 20.1 Å². The molecule has 0 fully saturated rings. The maximum absolute atomic E-state index is 14.3. The number of halogens is 3. The van der Waals surface area contributed by atoms with E-state index in [9.17, 15) is 13.2 Å². The van der Waals surface area contributed by atoms with Crippen molar-refractivity contribution in [3.63, 3.8) is 0 Å². The molecule has 178 valence electrons. The summed E-state index contributed by atoms with van der Waals surface area (Å²) in [4.78, 5) is 13.0. The van der Waals surface area contributed by atoms with Gasteiger partial charge in [0.2, 0.25) is 6.29 Å². The van der Waals surface area contributed by atoms with Crippen LogP contribution in [0.25, 0.3) is 10.9 Å². The number of fused-ring (bicyclic) bond motifs is 1. The first-order chi connectivity index (χ1) is 16.8. The number of ether oxygens (including phenoxy) is 1. The van der Waals surface area contributed by atoms with Crippen LogP contribution >= 0.6 is 0 Å². The van der Waals surface area contributed by atoms with Gasteiger partial charge in [-0.15, -0.1) is 0 Å². The molecule has 8 nitrogen and oxygen atoms in total. The molecule has 2 aromatic heterocycles. The zero-order chi connectivity index (χ0) is 24.7. The highest BCUT2D eigenvalue weighted by Gasteiger charge is 2.37. The van der Waals surface area contributed by atoms with E-state index >= 15 is 0 Å². The Hall–Kier alpha value is -4.25. The van der Waals surface area contributed by atoms with Gasteiger partial charge in [0, 0.05) is 41.5 Å². The summed E-state index contributed by atoms with van der Waals surface area (Å²) in [6, 6.07) is 10.3. The quantitative estimate of drug-likeness (QED) is 0.427. The smallest absolute Gasteiger partial charge is 0.237 e. The summed E-state index contributed by atoms with van der Waals surface area (Å²) in [6.45, 7) is 0. The second-order valence-electron chi connectivity index (χ2n) is 7.99. The minimum atomic E-state index is -1.37. The van der Waals surface area contributed by atoms with Crippen LogP contribution in [0.2, 0.25) is 0 Å². The van der Waals surface area contributed by atoms with Crippen LogP contribution in [0.15, 0.2) is 64.8 Å². The minimum Gasteiger partial charge on any atom is -0.496 e. The second kappa shape index (κ2) is 8.51. The van der Waals surface area contributed by atoms with Crippen molar-refractivity contribution < 1.29 is 17.9 Å². The molecule has 35 heavy (non-hydrogen) atoms. The lowest BCUT2D eigenvalue weighted by molar-refractivity contribution is 0.404. The number of pyridine rings is 1. The van der Waals surface area contributed by atoms with E-state index in [0.717, 1.165) is 12.1 Å². The molecule has 0 spiro atoms. The number of nitrogens with two attached hydrogens (primary N) is 2. The first-order valence-corrected chi connectivity index (χ1v) is 10.6. The highest BCUT2D eigenvalue weighted by molar-refractivity contribution is 6.07. The van der Waals surface area contributed by atoms with E-state index in [0.29, 0.717) is 27.9 Å². The van der Waals surface area contributed by atoms with E-state index in [1.807, 2.05) is 0 Å². The molecule has 11 heteroatoms. The Bertz CT molecular complexity index is 1500. The largest absolute Gasteiger partial charge is 0.496 e. The predicted octanol–water partition coefficient (Wildman–Crippen LogP) is 3.20. The SMILES string of the molecule is COc1ccncc1C1(N)C=NC(n2nc(Cc3c(F)ccc(F)c3F)c3ccccc32)N=C1N. The van der Waals surface area contributed by atoms with Crippen LogP contribution in [-0.4, -0.2) is 33.9 Å². The number of methoxy groups -OCH3 is 1. The molecule has 2 aromatic carbocycles. The molecule has 0 amide bonds. The van der Waals surface area contributed by atoms with E-state index < -0.39 is 34.8 Å². The van der Waals surface area contributed by atoms with Gasteiger partial charge in [-0.05, 0) is 24.3 Å².